The van der Waals surface area contributed by atoms with Crippen LogP contribution < -0.4 is 10.6 Å². The molecule has 1 aromatic carbocycles. The molecule has 2 N–H and O–H groups in total. The van der Waals surface area contributed by atoms with E-state index in [0.717, 1.165) is 19.3 Å². The topological polar surface area (TPSA) is 85.2 Å². The second-order valence-electron chi connectivity index (χ2n) is 6.89. The minimum atomic E-state index is -0.770. The SMILES string of the molecule is CC(C(=O)NC1(C#N)CCCCC1)N(C)CC(=O)Nc1cccc(Cl)c1. The zero-order valence-electron chi connectivity index (χ0n) is 15.2. The van der Waals surface area contributed by atoms with Crippen LogP contribution in [0.15, 0.2) is 24.3 Å². The molecule has 1 unspecified atom stereocenters. The number of benzene rings is 1. The molecule has 1 atom stereocenters. The maximum Gasteiger partial charge on any atom is 0.238 e. The highest BCUT2D eigenvalue weighted by Crippen LogP contribution is 2.27. The van der Waals surface area contributed by atoms with Crippen molar-refractivity contribution in [3.05, 3.63) is 29.3 Å². The smallest absolute Gasteiger partial charge is 0.238 e. The first-order chi connectivity index (χ1) is 12.3. The predicted octanol–water partition coefficient (Wildman–Crippen LogP) is 2.94. The molecule has 7 heteroatoms. The van der Waals surface area contributed by atoms with Crippen molar-refractivity contribution in [3.8, 4) is 6.07 Å². The Morgan fingerprint density at radius 1 is 1.35 bits per heavy atom. The lowest BCUT2D eigenvalue weighted by molar-refractivity contribution is -0.128. The molecule has 1 aromatic rings. The lowest BCUT2D eigenvalue weighted by Gasteiger charge is -2.34. The fourth-order valence-electron chi connectivity index (χ4n) is 3.09. The Balaban J connectivity index is 1.89. The third-order valence-electron chi connectivity index (χ3n) is 4.83. The summed E-state index contributed by atoms with van der Waals surface area (Å²) < 4.78 is 0. The predicted molar refractivity (Wildman–Crippen MR) is 102 cm³/mol. The lowest BCUT2D eigenvalue weighted by atomic mass is 9.82. The number of carbonyl (C=O) groups is 2. The monoisotopic (exact) mass is 376 g/mol. The third kappa shape index (κ3) is 5.45. The van der Waals surface area contributed by atoms with Crippen LogP contribution in [0.3, 0.4) is 0 Å². The molecule has 1 fully saturated rings. The Morgan fingerprint density at radius 2 is 2.04 bits per heavy atom. The van der Waals surface area contributed by atoms with Crippen molar-refractivity contribution in [1.82, 2.24) is 10.2 Å². The van der Waals surface area contributed by atoms with Gasteiger partial charge in [-0.3, -0.25) is 14.5 Å². The van der Waals surface area contributed by atoms with E-state index in [2.05, 4.69) is 16.7 Å². The molecule has 0 bridgehead atoms. The van der Waals surface area contributed by atoms with Gasteiger partial charge in [-0.25, -0.2) is 0 Å². The Labute approximate surface area is 159 Å². The van der Waals surface area contributed by atoms with Crippen molar-refractivity contribution in [1.29, 1.82) is 5.26 Å². The van der Waals surface area contributed by atoms with E-state index in [4.69, 9.17) is 11.6 Å². The van der Waals surface area contributed by atoms with Crippen molar-refractivity contribution >= 4 is 29.1 Å². The molecule has 0 heterocycles. The number of carbonyl (C=O) groups excluding carboxylic acids is 2. The molecule has 26 heavy (non-hydrogen) atoms. The second-order valence-corrected chi connectivity index (χ2v) is 7.33. The summed E-state index contributed by atoms with van der Waals surface area (Å²) in [5.74, 6) is -0.464. The summed E-state index contributed by atoms with van der Waals surface area (Å²) in [6.45, 7) is 1.79. The molecule has 0 aliphatic heterocycles. The Hall–Kier alpha value is -2.10. The van der Waals surface area contributed by atoms with Gasteiger partial charge in [-0.05, 0) is 45.0 Å². The second kappa shape index (κ2) is 9.02. The van der Waals surface area contributed by atoms with Crippen LogP contribution in [0.1, 0.15) is 39.0 Å². The summed E-state index contributed by atoms with van der Waals surface area (Å²) in [6.07, 6.45) is 4.35. The third-order valence-corrected chi connectivity index (χ3v) is 5.06. The van der Waals surface area contributed by atoms with E-state index in [9.17, 15) is 14.9 Å². The summed E-state index contributed by atoms with van der Waals surface area (Å²) >= 11 is 5.90. The van der Waals surface area contributed by atoms with Crippen LogP contribution in [0, 0.1) is 11.3 Å². The zero-order chi connectivity index (χ0) is 19.2. The Morgan fingerprint density at radius 3 is 2.65 bits per heavy atom. The average molecular weight is 377 g/mol. The van der Waals surface area contributed by atoms with Crippen LogP contribution in [0.25, 0.3) is 0 Å². The molecule has 0 radical (unpaired) electrons. The van der Waals surface area contributed by atoms with Crippen LogP contribution in [0.5, 0.6) is 0 Å². The van der Waals surface area contributed by atoms with E-state index < -0.39 is 11.6 Å². The van der Waals surface area contributed by atoms with Crippen LogP contribution >= 0.6 is 11.6 Å². The molecule has 1 saturated carbocycles. The fraction of sp³-hybridized carbons (Fsp3) is 0.526. The van der Waals surface area contributed by atoms with Gasteiger partial charge >= 0.3 is 0 Å². The average Bonchev–Trinajstić information content (AvgIpc) is 2.61. The number of anilines is 1. The number of amides is 2. The molecule has 1 aliphatic carbocycles. The number of hydrogen-bond donors (Lipinski definition) is 2. The highest BCUT2D eigenvalue weighted by atomic mass is 35.5. The maximum atomic E-state index is 12.5. The molecule has 0 aromatic heterocycles. The van der Waals surface area contributed by atoms with E-state index >= 15 is 0 Å². The Bertz CT molecular complexity index is 695. The maximum absolute atomic E-state index is 12.5. The molecular weight excluding hydrogens is 352 g/mol. The van der Waals surface area contributed by atoms with Crippen LogP contribution in [0.4, 0.5) is 5.69 Å². The van der Waals surface area contributed by atoms with E-state index in [1.165, 1.54) is 0 Å². The van der Waals surface area contributed by atoms with Crippen molar-refractivity contribution in [2.75, 3.05) is 18.9 Å². The number of nitrogens with zero attached hydrogens (tertiary/aromatic N) is 2. The summed E-state index contributed by atoms with van der Waals surface area (Å²) in [5.41, 5.74) is -0.161. The fourth-order valence-corrected chi connectivity index (χ4v) is 3.28. The highest BCUT2D eigenvalue weighted by molar-refractivity contribution is 6.30. The van der Waals surface area contributed by atoms with Crippen molar-refractivity contribution in [2.45, 2.75) is 50.6 Å². The molecule has 140 valence electrons. The van der Waals surface area contributed by atoms with E-state index in [-0.39, 0.29) is 18.4 Å². The van der Waals surface area contributed by atoms with Gasteiger partial charge in [0.05, 0.1) is 18.7 Å². The number of hydrogen-bond acceptors (Lipinski definition) is 4. The molecule has 2 amide bonds. The molecule has 1 aliphatic rings. The van der Waals surface area contributed by atoms with Gasteiger partial charge in [0.1, 0.15) is 5.54 Å². The largest absolute Gasteiger partial charge is 0.336 e. The zero-order valence-corrected chi connectivity index (χ0v) is 16.0. The van der Waals surface area contributed by atoms with Gasteiger partial charge in [-0.1, -0.05) is 36.9 Å². The van der Waals surface area contributed by atoms with Gasteiger partial charge in [0.15, 0.2) is 0 Å². The van der Waals surface area contributed by atoms with Crippen LogP contribution in [-0.4, -0.2) is 41.9 Å². The molecule has 2 rings (SSSR count). The first kappa shape index (κ1) is 20.2. The highest BCUT2D eigenvalue weighted by Gasteiger charge is 2.35. The lowest BCUT2D eigenvalue weighted by Crippen LogP contribution is -2.55. The Kier molecular flexibility index (Phi) is 7.01. The van der Waals surface area contributed by atoms with Crippen molar-refractivity contribution in [3.63, 3.8) is 0 Å². The van der Waals surface area contributed by atoms with Gasteiger partial charge in [-0.15, -0.1) is 0 Å². The molecular formula is C19H25ClN4O2. The minimum absolute atomic E-state index is 0.0562. The van der Waals surface area contributed by atoms with Crippen LogP contribution in [0.2, 0.25) is 5.02 Å². The van der Waals surface area contributed by atoms with Gasteiger partial charge in [0, 0.05) is 10.7 Å². The quantitative estimate of drug-likeness (QED) is 0.799. The normalized spacial score (nSPS) is 17.2. The van der Waals surface area contributed by atoms with Gasteiger partial charge in [-0.2, -0.15) is 5.26 Å². The minimum Gasteiger partial charge on any atom is -0.336 e. The first-order valence-electron chi connectivity index (χ1n) is 8.84. The van der Waals surface area contributed by atoms with Gasteiger partial charge in [0.25, 0.3) is 0 Å². The van der Waals surface area contributed by atoms with Gasteiger partial charge in [0.2, 0.25) is 11.8 Å². The number of nitriles is 1. The van der Waals surface area contributed by atoms with Crippen molar-refractivity contribution < 1.29 is 9.59 Å². The number of halogens is 1. The van der Waals surface area contributed by atoms with Crippen LogP contribution in [-0.2, 0) is 9.59 Å². The number of likely N-dealkylation sites (N-methyl/N-ethyl adjacent to an activating group) is 1. The summed E-state index contributed by atoms with van der Waals surface area (Å²) in [6, 6.07) is 8.65. The summed E-state index contributed by atoms with van der Waals surface area (Å²) in [7, 11) is 1.71. The van der Waals surface area contributed by atoms with E-state index in [0.29, 0.717) is 23.6 Å². The molecule has 0 saturated heterocycles. The van der Waals surface area contributed by atoms with Gasteiger partial charge < -0.3 is 10.6 Å². The van der Waals surface area contributed by atoms with Crippen molar-refractivity contribution in [2.24, 2.45) is 0 Å². The first-order valence-corrected chi connectivity index (χ1v) is 9.22. The standard InChI is InChI=1S/C19H25ClN4O2/c1-14(18(26)23-19(13-21)9-4-3-5-10-19)24(2)12-17(25)22-16-8-6-7-15(20)11-16/h6-8,11,14H,3-5,9-10,12H2,1-2H3,(H,22,25)(H,23,26). The van der Waals surface area contributed by atoms with E-state index in [1.54, 1.807) is 43.1 Å². The number of nitrogens with one attached hydrogen (secondary N) is 2. The molecule has 6 nitrogen and oxygen atoms in total. The number of rotatable bonds is 6. The molecule has 0 spiro atoms. The summed E-state index contributed by atoms with van der Waals surface area (Å²) in [5, 5.41) is 15.7. The van der Waals surface area contributed by atoms with E-state index in [1.807, 2.05) is 0 Å². The summed E-state index contributed by atoms with van der Waals surface area (Å²) in [4.78, 5) is 26.4.